The van der Waals surface area contributed by atoms with Gasteiger partial charge in [0.1, 0.15) is 5.75 Å². The largest absolute Gasteiger partial charge is 0.494 e. The van der Waals surface area contributed by atoms with Gasteiger partial charge in [-0.1, -0.05) is 18.2 Å². The lowest BCUT2D eigenvalue weighted by Gasteiger charge is -2.11. The molecule has 2 aromatic carbocycles. The third-order valence-corrected chi connectivity index (χ3v) is 5.38. The normalized spacial score (nSPS) is 16.1. The zero-order chi connectivity index (χ0) is 17.3. The Morgan fingerprint density at radius 2 is 1.71 bits per heavy atom. The average Bonchev–Trinajstić information content (AvgIpc) is 2.82. The second-order valence-corrected chi connectivity index (χ2v) is 7.57. The second kappa shape index (κ2) is 7.13. The van der Waals surface area contributed by atoms with Crippen LogP contribution in [0.5, 0.6) is 5.75 Å². The highest BCUT2D eigenvalue weighted by Crippen LogP contribution is 2.38. The van der Waals surface area contributed by atoms with Gasteiger partial charge in [-0.3, -0.25) is 9.59 Å². The number of ether oxygens (including phenoxy) is 1. The van der Waals surface area contributed by atoms with Crippen molar-refractivity contribution in [3.8, 4) is 5.75 Å². The zero-order valence-electron chi connectivity index (χ0n) is 12.5. The lowest BCUT2D eigenvalue weighted by molar-refractivity contribution is -0.113. The molecule has 1 heterocycles. The molecule has 0 radical (unpaired) electrons. The zero-order valence-corrected chi connectivity index (χ0v) is 16.4. The van der Waals surface area contributed by atoms with Crippen molar-refractivity contribution >= 4 is 66.5 Å². The van der Waals surface area contributed by atoms with Gasteiger partial charge in [-0.05, 0) is 79.5 Å². The van der Waals surface area contributed by atoms with Gasteiger partial charge >= 0.3 is 0 Å². The summed E-state index contributed by atoms with van der Waals surface area (Å²) in [6.07, 6.45) is 1.70. The number of hydrogen-bond acceptors (Lipinski definition) is 4. The Morgan fingerprint density at radius 3 is 2.29 bits per heavy atom. The topological polar surface area (TPSA) is 46.6 Å². The smallest absolute Gasteiger partial charge is 0.298 e. The molecule has 0 spiro atoms. The van der Waals surface area contributed by atoms with Crippen LogP contribution in [-0.2, 0) is 4.79 Å². The fourth-order valence-corrected chi connectivity index (χ4v) is 4.66. The fourth-order valence-electron chi connectivity index (χ4n) is 2.28. The van der Waals surface area contributed by atoms with Crippen molar-refractivity contribution in [2.75, 3.05) is 12.0 Å². The van der Waals surface area contributed by atoms with Crippen molar-refractivity contribution < 1.29 is 14.3 Å². The van der Waals surface area contributed by atoms with Crippen molar-refractivity contribution in [1.82, 2.24) is 0 Å². The summed E-state index contributed by atoms with van der Waals surface area (Å²) in [5.74, 6) is 0.351. The molecular weight excluding hydrogens is 458 g/mol. The third-order valence-electron chi connectivity index (χ3n) is 3.33. The Labute approximate surface area is 160 Å². The highest BCUT2D eigenvalue weighted by Gasteiger charge is 2.36. The highest BCUT2D eigenvalue weighted by atomic mass is 79.9. The van der Waals surface area contributed by atoms with E-state index in [1.807, 2.05) is 18.2 Å². The summed E-state index contributed by atoms with van der Waals surface area (Å²) in [4.78, 5) is 26.4. The maximum Gasteiger partial charge on any atom is 0.298 e. The number of methoxy groups -OCH3 is 1. The quantitative estimate of drug-likeness (QED) is 0.561. The fraction of sp³-hybridized carbons (Fsp3) is 0.0588. The molecule has 2 aromatic rings. The molecule has 0 aromatic heterocycles. The molecule has 0 saturated carbocycles. The first-order valence-electron chi connectivity index (χ1n) is 6.87. The van der Waals surface area contributed by atoms with Crippen LogP contribution in [0.2, 0.25) is 0 Å². The van der Waals surface area contributed by atoms with Crippen molar-refractivity contribution in [2.45, 2.75) is 0 Å². The molecule has 3 rings (SSSR count). The van der Waals surface area contributed by atoms with Crippen molar-refractivity contribution in [3.05, 3.63) is 61.9 Å². The molecule has 1 aliphatic heterocycles. The van der Waals surface area contributed by atoms with Gasteiger partial charge in [0.2, 0.25) is 0 Å². The minimum atomic E-state index is -0.320. The predicted octanol–water partition coefficient (Wildman–Crippen LogP) is 5.46. The van der Waals surface area contributed by atoms with Gasteiger partial charge in [-0.25, -0.2) is 4.90 Å². The molecule has 1 aliphatic rings. The predicted molar refractivity (Wildman–Crippen MR) is 103 cm³/mol. The summed E-state index contributed by atoms with van der Waals surface area (Å²) in [7, 11) is 1.58. The van der Waals surface area contributed by atoms with E-state index in [1.165, 1.54) is 4.90 Å². The van der Waals surface area contributed by atoms with Gasteiger partial charge in [0.15, 0.2) is 0 Å². The van der Waals surface area contributed by atoms with E-state index in [-0.39, 0.29) is 11.1 Å². The first-order chi connectivity index (χ1) is 11.5. The number of rotatable bonds is 3. The maximum absolute atomic E-state index is 12.6. The van der Waals surface area contributed by atoms with E-state index in [0.717, 1.165) is 26.3 Å². The summed E-state index contributed by atoms with van der Waals surface area (Å²) in [5, 5.41) is -0.302. The first kappa shape index (κ1) is 17.3. The number of benzene rings is 2. The Morgan fingerprint density at radius 1 is 1.08 bits per heavy atom. The first-order valence-corrected chi connectivity index (χ1v) is 9.27. The minimum Gasteiger partial charge on any atom is -0.494 e. The lowest BCUT2D eigenvalue weighted by atomic mass is 10.2. The standard InChI is InChI=1S/C17H11Br2NO3S/c1-23-15-12(18)7-10(8-13(15)19)9-14-16(21)20(17(22)24-14)11-5-3-2-4-6-11/h2-9H,1H3/b14-9+. The molecule has 24 heavy (non-hydrogen) atoms. The summed E-state index contributed by atoms with van der Waals surface area (Å²) < 4.78 is 6.78. The van der Waals surface area contributed by atoms with Crippen LogP contribution < -0.4 is 9.64 Å². The van der Waals surface area contributed by atoms with Gasteiger partial charge in [0.25, 0.3) is 11.1 Å². The van der Waals surface area contributed by atoms with Gasteiger partial charge in [-0.2, -0.15) is 0 Å². The number of anilines is 1. The van der Waals surface area contributed by atoms with Crippen LogP contribution in [0.4, 0.5) is 10.5 Å². The second-order valence-electron chi connectivity index (χ2n) is 4.87. The number of carbonyl (C=O) groups excluding carboxylic acids is 2. The van der Waals surface area contributed by atoms with Crippen LogP contribution in [0.25, 0.3) is 6.08 Å². The molecule has 122 valence electrons. The molecule has 1 fully saturated rings. The average molecular weight is 469 g/mol. The summed E-state index contributed by atoms with van der Waals surface area (Å²) in [6.45, 7) is 0. The number of carbonyl (C=O) groups is 2. The highest BCUT2D eigenvalue weighted by molar-refractivity contribution is 9.11. The summed E-state index contributed by atoms with van der Waals surface area (Å²) >= 11 is 7.79. The molecular formula is C17H11Br2NO3S. The van der Waals surface area contributed by atoms with Gasteiger partial charge < -0.3 is 4.74 Å². The molecule has 0 N–H and O–H groups in total. The number of thioether (sulfide) groups is 1. The number of halogens is 2. The van der Waals surface area contributed by atoms with E-state index in [1.54, 1.807) is 37.5 Å². The Kier molecular flexibility index (Phi) is 5.12. The monoisotopic (exact) mass is 467 g/mol. The molecule has 0 unspecified atom stereocenters. The lowest BCUT2D eigenvalue weighted by Crippen LogP contribution is -2.27. The van der Waals surface area contributed by atoms with E-state index in [2.05, 4.69) is 31.9 Å². The number of hydrogen-bond donors (Lipinski definition) is 0. The summed E-state index contributed by atoms with van der Waals surface area (Å²) in [5.41, 5.74) is 1.36. The van der Waals surface area contributed by atoms with Gasteiger partial charge in [-0.15, -0.1) is 0 Å². The van der Waals surface area contributed by atoms with Crippen LogP contribution in [0, 0.1) is 0 Å². The van der Waals surface area contributed by atoms with E-state index in [9.17, 15) is 9.59 Å². The van der Waals surface area contributed by atoms with Gasteiger partial charge in [0, 0.05) is 0 Å². The third kappa shape index (κ3) is 3.29. The number of nitrogens with zero attached hydrogens (tertiary/aromatic N) is 1. The van der Waals surface area contributed by atoms with Gasteiger partial charge in [0.05, 0.1) is 26.6 Å². The van der Waals surface area contributed by atoms with Crippen LogP contribution in [0.15, 0.2) is 56.3 Å². The maximum atomic E-state index is 12.6. The van der Waals surface area contributed by atoms with E-state index >= 15 is 0 Å². The SMILES string of the molecule is COc1c(Br)cc(/C=C2/SC(=O)N(c3ccccc3)C2=O)cc1Br. The van der Waals surface area contributed by atoms with E-state index in [0.29, 0.717) is 16.3 Å². The molecule has 4 nitrogen and oxygen atoms in total. The Balaban J connectivity index is 1.95. The molecule has 0 bridgehead atoms. The Hall–Kier alpha value is -1.57. The molecule has 0 aliphatic carbocycles. The summed E-state index contributed by atoms with van der Waals surface area (Å²) in [6, 6.07) is 12.6. The van der Waals surface area contributed by atoms with Crippen LogP contribution >= 0.6 is 43.6 Å². The van der Waals surface area contributed by atoms with Crippen molar-refractivity contribution in [3.63, 3.8) is 0 Å². The van der Waals surface area contributed by atoms with Crippen molar-refractivity contribution in [1.29, 1.82) is 0 Å². The van der Waals surface area contributed by atoms with Crippen LogP contribution in [0.1, 0.15) is 5.56 Å². The van der Waals surface area contributed by atoms with Crippen LogP contribution in [-0.4, -0.2) is 18.3 Å². The molecule has 0 atom stereocenters. The minimum absolute atomic E-state index is 0.302. The van der Waals surface area contributed by atoms with E-state index < -0.39 is 0 Å². The molecule has 7 heteroatoms. The molecule has 2 amide bonds. The molecule has 1 saturated heterocycles. The van der Waals surface area contributed by atoms with Crippen molar-refractivity contribution in [2.24, 2.45) is 0 Å². The number of para-hydroxylation sites is 1. The Bertz CT molecular complexity index is 829. The van der Waals surface area contributed by atoms with Crippen LogP contribution in [0.3, 0.4) is 0 Å². The van der Waals surface area contributed by atoms with E-state index in [4.69, 9.17) is 4.74 Å². The number of amides is 2. The number of imide groups is 1.